The Morgan fingerprint density at radius 3 is 2.26 bits per heavy atom. The predicted molar refractivity (Wildman–Crippen MR) is 78.6 cm³/mol. The lowest BCUT2D eigenvalue weighted by Crippen LogP contribution is -2.01. The van der Waals surface area contributed by atoms with Gasteiger partial charge in [-0.25, -0.2) is 0 Å². The Balaban J connectivity index is 2.14. The Morgan fingerprint density at radius 1 is 0.789 bits per heavy atom. The quantitative estimate of drug-likeness (QED) is 0.613. The van der Waals surface area contributed by atoms with E-state index in [2.05, 4.69) is 6.07 Å². The SMILES string of the molecule is Cc1cc(C(=O)c2ccccc2)cc2ccccc12. The van der Waals surface area contributed by atoms with Gasteiger partial charge < -0.3 is 0 Å². The zero-order valence-corrected chi connectivity index (χ0v) is 10.8. The molecule has 3 rings (SSSR count). The Hall–Kier alpha value is -2.41. The van der Waals surface area contributed by atoms with Crippen molar-refractivity contribution in [2.24, 2.45) is 0 Å². The first-order valence-corrected chi connectivity index (χ1v) is 6.35. The molecule has 0 fully saturated rings. The second-order valence-electron chi connectivity index (χ2n) is 4.71. The molecule has 0 aliphatic heterocycles. The van der Waals surface area contributed by atoms with E-state index in [4.69, 9.17) is 0 Å². The average Bonchev–Trinajstić information content (AvgIpc) is 2.47. The molecule has 3 aromatic carbocycles. The summed E-state index contributed by atoms with van der Waals surface area (Å²) in [5, 5.41) is 2.31. The van der Waals surface area contributed by atoms with Gasteiger partial charge in [0, 0.05) is 11.1 Å². The highest BCUT2D eigenvalue weighted by molar-refractivity contribution is 6.11. The van der Waals surface area contributed by atoms with Crippen LogP contribution >= 0.6 is 0 Å². The minimum Gasteiger partial charge on any atom is -0.289 e. The molecular weight excluding hydrogens is 232 g/mol. The third kappa shape index (κ3) is 2.15. The molecule has 1 nitrogen and oxygen atoms in total. The summed E-state index contributed by atoms with van der Waals surface area (Å²) in [5.41, 5.74) is 2.62. The van der Waals surface area contributed by atoms with Crippen molar-refractivity contribution < 1.29 is 4.79 Å². The lowest BCUT2D eigenvalue weighted by Gasteiger charge is -2.06. The first-order valence-electron chi connectivity index (χ1n) is 6.35. The molecule has 0 radical (unpaired) electrons. The number of hydrogen-bond donors (Lipinski definition) is 0. The highest BCUT2D eigenvalue weighted by Crippen LogP contribution is 2.22. The average molecular weight is 246 g/mol. The zero-order chi connectivity index (χ0) is 13.2. The molecule has 0 spiro atoms. The second-order valence-corrected chi connectivity index (χ2v) is 4.71. The Labute approximate surface area is 112 Å². The lowest BCUT2D eigenvalue weighted by molar-refractivity contribution is 0.103. The molecule has 0 atom stereocenters. The highest BCUT2D eigenvalue weighted by atomic mass is 16.1. The number of ketones is 1. The summed E-state index contributed by atoms with van der Waals surface area (Å²) < 4.78 is 0. The fraction of sp³-hybridized carbons (Fsp3) is 0.0556. The van der Waals surface area contributed by atoms with Crippen LogP contribution in [0.1, 0.15) is 21.5 Å². The summed E-state index contributed by atoms with van der Waals surface area (Å²) in [5.74, 6) is 0.0782. The molecule has 0 aromatic heterocycles. The zero-order valence-electron chi connectivity index (χ0n) is 10.8. The minimum absolute atomic E-state index is 0.0782. The van der Waals surface area contributed by atoms with Crippen LogP contribution in [0.4, 0.5) is 0 Å². The third-order valence-electron chi connectivity index (χ3n) is 3.37. The van der Waals surface area contributed by atoms with E-state index in [-0.39, 0.29) is 5.78 Å². The van der Waals surface area contributed by atoms with Gasteiger partial charge in [-0.05, 0) is 35.4 Å². The normalized spacial score (nSPS) is 10.6. The first-order chi connectivity index (χ1) is 9.25. The van der Waals surface area contributed by atoms with Crippen LogP contribution in [-0.4, -0.2) is 5.78 Å². The lowest BCUT2D eigenvalue weighted by atomic mass is 9.97. The van der Waals surface area contributed by atoms with Crippen molar-refractivity contribution in [1.29, 1.82) is 0 Å². The van der Waals surface area contributed by atoms with Crippen molar-refractivity contribution >= 4 is 16.6 Å². The van der Waals surface area contributed by atoms with E-state index < -0.39 is 0 Å². The van der Waals surface area contributed by atoms with E-state index in [0.717, 1.165) is 22.1 Å². The maximum Gasteiger partial charge on any atom is 0.193 e. The van der Waals surface area contributed by atoms with Gasteiger partial charge in [0.2, 0.25) is 0 Å². The third-order valence-corrected chi connectivity index (χ3v) is 3.37. The summed E-state index contributed by atoms with van der Waals surface area (Å²) in [7, 11) is 0. The van der Waals surface area contributed by atoms with Gasteiger partial charge >= 0.3 is 0 Å². The topological polar surface area (TPSA) is 17.1 Å². The van der Waals surface area contributed by atoms with Gasteiger partial charge in [-0.2, -0.15) is 0 Å². The van der Waals surface area contributed by atoms with E-state index >= 15 is 0 Å². The number of hydrogen-bond acceptors (Lipinski definition) is 1. The van der Waals surface area contributed by atoms with Crippen molar-refractivity contribution in [3.8, 4) is 0 Å². The van der Waals surface area contributed by atoms with E-state index in [1.54, 1.807) is 0 Å². The largest absolute Gasteiger partial charge is 0.289 e. The van der Waals surface area contributed by atoms with E-state index in [0.29, 0.717) is 0 Å². The Bertz CT molecular complexity index is 742. The molecule has 0 amide bonds. The molecule has 0 aliphatic carbocycles. The van der Waals surface area contributed by atoms with Crippen molar-refractivity contribution in [2.75, 3.05) is 0 Å². The number of benzene rings is 3. The van der Waals surface area contributed by atoms with Gasteiger partial charge in [0.1, 0.15) is 0 Å². The summed E-state index contributed by atoms with van der Waals surface area (Å²) in [6, 6.07) is 21.5. The molecule has 0 aliphatic rings. The molecule has 0 N–H and O–H groups in total. The summed E-state index contributed by atoms with van der Waals surface area (Å²) in [6.45, 7) is 2.05. The van der Waals surface area contributed by atoms with Gasteiger partial charge in [-0.3, -0.25) is 4.79 Å². The molecular formula is C18H14O. The van der Waals surface area contributed by atoms with Gasteiger partial charge in [0.05, 0.1) is 0 Å². The molecule has 0 saturated carbocycles. The molecule has 0 bridgehead atoms. The molecule has 3 aromatic rings. The monoisotopic (exact) mass is 246 g/mol. The van der Waals surface area contributed by atoms with Crippen molar-refractivity contribution in [3.05, 3.63) is 83.4 Å². The van der Waals surface area contributed by atoms with Gasteiger partial charge in [-0.15, -0.1) is 0 Å². The summed E-state index contributed by atoms with van der Waals surface area (Å²) in [6.07, 6.45) is 0. The number of aryl methyl sites for hydroxylation is 1. The van der Waals surface area contributed by atoms with Crippen LogP contribution in [0.3, 0.4) is 0 Å². The second kappa shape index (κ2) is 4.69. The van der Waals surface area contributed by atoms with Crippen molar-refractivity contribution in [2.45, 2.75) is 6.92 Å². The maximum absolute atomic E-state index is 12.4. The summed E-state index contributed by atoms with van der Waals surface area (Å²) in [4.78, 5) is 12.4. The van der Waals surface area contributed by atoms with Gasteiger partial charge in [0.15, 0.2) is 5.78 Å². The minimum atomic E-state index is 0.0782. The van der Waals surface area contributed by atoms with Crippen LogP contribution in [0.2, 0.25) is 0 Å². The first kappa shape index (κ1) is 11.7. The number of carbonyl (C=O) groups excluding carboxylic acids is 1. The molecule has 0 unspecified atom stereocenters. The van der Waals surface area contributed by atoms with Crippen LogP contribution in [-0.2, 0) is 0 Å². The Kier molecular flexibility index (Phi) is 2.88. The van der Waals surface area contributed by atoms with E-state index in [9.17, 15) is 4.79 Å². The molecule has 0 heterocycles. The van der Waals surface area contributed by atoms with Crippen LogP contribution in [0, 0.1) is 6.92 Å². The van der Waals surface area contributed by atoms with Crippen LogP contribution in [0.25, 0.3) is 10.8 Å². The van der Waals surface area contributed by atoms with Gasteiger partial charge in [0.25, 0.3) is 0 Å². The van der Waals surface area contributed by atoms with Gasteiger partial charge in [-0.1, -0.05) is 54.6 Å². The molecule has 0 saturated heterocycles. The fourth-order valence-corrected chi connectivity index (χ4v) is 2.39. The molecule has 19 heavy (non-hydrogen) atoms. The molecule has 92 valence electrons. The van der Waals surface area contributed by atoms with Crippen molar-refractivity contribution in [1.82, 2.24) is 0 Å². The Morgan fingerprint density at radius 2 is 1.47 bits per heavy atom. The standard InChI is InChI=1S/C18H14O/c1-13-11-16(12-15-9-5-6-10-17(13)15)18(19)14-7-3-2-4-8-14/h2-12H,1H3. The van der Waals surface area contributed by atoms with Crippen LogP contribution < -0.4 is 0 Å². The fourth-order valence-electron chi connectivity index (χ4n) is 2.39. The van der Waals surface area contributed by atoms with Crippen LogP contribution in [0.5, 0.6) is 0 Å². The van der Waals surface area contributed by atoms with E-state index in [1.165, 1.54) is 5.39 Å². The number of rotatable bonds is 2. The van der Waals surface area contributed by atoms with Crippen LogP contribution in [0.15, 0.2) is 66.7 Å². The van der Waals surface area contributed by atoms with E-state index in [1.807, 2.05) is 67.6 Å². The highest BCUT2D eigenvalue weighted by Gasteiger charge is 2.10. The maximum atomic E-state index is 12.4. The predicted octanol–water partition coefficient (Wildman–Crippen LogP) is 4.38. The van der Waals surface area contributed by atoms with Crippen molar-refractivity contribution in [3.63, 3.8) is 0 Å². The molecule has 1 heteroatoms. The number of fused-ring (bicyclic) bond motifs is 1. The summed E-state index contributed by atoms with van der Waals surface area (Å²) >= 11 is 0. The number of carbonyl (C=O) groups is 1. The smallest absolute Gasteiger partial charge is 0.193 e.